The molecule has 0 radical (unpaired) electrons. The number of amides is 1. The first-order chi connectivity index (χ1) is 8.20. The van der Waals surface area contributed by atoms with E-state index in [9.17, 15) is 13.2 Å². The van der Waals surface area contributed by atoms with Gasteiger partial charge in [-0.25, -0.2) is 8.42 Å². The van der Waals surface area contributed by atoms with E-state index in [2.05, 4.69) is 0 Å². The summed E-state index contributed by atoms with van der Waals surface area (Å²) in [6.07, 6.45) is 1.07. The Hall–Kier alpha value is -1.34. The second kappa shape index (κ2) is 5.53. The molecule has 1 heterocycles. The van der Waals surface area contributed by atoms with Crippen LogP contribution in [0.15, 0.2) is 16.5 Å². The first-order valence-electron chi connectivity index (χ1n) is 5.40. The lowest BCUT2D eigenvalue weighted by Gasteiger charge is -2.19. The molecule has 0 unspecified atom stereocenters. The molecule has 0 bridgehead atoms. The number of rotatable bonds is 5. The summed E-state index contributed by atoms with van der Waals surface area (Å²) >= 11 is 0. The summed E-state index contributed by atoms with van der Waals surface area (Å²) in [4.78, 5) is 13.2. The molecule has 1 aromatic rings. The Kier molecular flexibility index (Phi) is 4.53. The zero-order valence-electron chi connectivity index (χ0n) is 11.0. The molecular formula is C11H18N2O4S. The van der Waals surface area contributed by atoms with Gasteiger partial charge in [0.25, 0.3) is 0 Å². The van der Waals surface area contributed by atoms with E-state index in [1.54, 1.807) is 13.1 Å². The fourth-order valence-electron chi connectivity index (χ4n) is 1.32. The number of hydrogen-bond acceptors (Lipinski definition) is 4. The monoisotopic (exact) mass is 274 g/mol. The van der Waals surface area contributed by atoms with Gasteiger partial charge in [0.15, 0.2) is 0 Å². The summed E-state index contributed by atoms with van der Waals surface area (Å²) in [5.41, 5.74) is 0. The summed E-state index contributed by atoms with van der Waals surface area (Å²) in [5.74, 6) is 1.17. The van der Waals surface area contributed by atoms with Gasteiger partial charge in [0.1, 0.15) is 11.5 Å². The van der Waals surface area contributed by atoms with Crippen molar-refractivity contribution in [1.29, 1.82) is 0 Å². The minimum atomic E-state index is -3.34. The fourth-order valence-corrected chi connectivity index (χ4v) is 1.67. The van der Waals surface area contributed by atoms with Crippen LogP contribution in [0, 0.1) is 6.92 Å². The van der Waals surface area contributed by atoms with E-state index in [4.69, 9.17) is 4.42 Å². The van der Waals surface area contributed by atoms with Gasteiger partial charge in [0.2, 0.25) is 15.9 Å². The summed E-state index contributed by atoms with van der Waals surface area (Å²) in [5, 5.41) is 0. The van der Waals surface area contributed by atoms with Crippen molar-refractivity contribution in [3.63, 3.8) is 0 Å². The van der Waals surface area contributed by atoms with Crippen molar-refractivity contribution >= 4 is 15.9 Å². The standard InChI is InChI=1S/C11H18N2O4S/c1-9-5-6-10(17-9)7-12(2)11(14)8-13(3)18(4,15)16/h5-6H,7-8H2,1-4H3. The molecule has 1 amide bonds. The van der Waals surface area contributed by atoms with Crippen molar-refractivity contribution in [2.24, 2.45) is 0 Å². The molecule has 0 fully saturated rings. The van der Waals surface area contributed by atoms with Crippen LogP contribution in [-0.4, -0.2) is 50.4 Å². The highest BCUT2D eigenvalue weighted by Gasteiger charge is 2.18. The molecule has 0 saturated heterocycles. The van der Waals surface area contributed by atoms with Crippen LogP contribution in [0.1, 0.15) is 11.5 Å². The van der Waals surface area contributed by atoms with Gasteiger partial charge in [-0.2, -0.15) is 4.31 Å². The maximum atomic E-state index is 11.8. The summed E-state index contributed by atoms with van der Waals surface area (Å²) < 4.78 is 28.7. The Balaban J connectivity index is 2.57. The lowest BCUT2D eigenvalue weighted by Crippen LogP contribution is -2.38. The Morgan fingerprint density at radius 2 is 1.94 bits per heavy atom. The van der Waals surface area contributed by atoms with Gasteiger partial charge < -0.3 is 9.32 Å². The van der Waals surface area contributed by atoms with Crippen LogP contribution in [0.3, 0.4) is 0 Å². The summed E-state index contributed by atoms with van der Waals surface area (Å²) in [6, 6.07) is 3.61. The highest BCUT2D eigenvalue weighted by molar-refractivity contribution is 7.88. The second-order valence-corrected chi connectivity index (χ2v) is 6.37. The molecular weight excluding hydrogens is 256 g/mol. The van der Waals surface area contributed by atoms with Gasteiger partial charge >= 0.3 is 0 Å². The largest absolute Gasteiger partial charge is 0.464 e. The normalized spacial score (nSPS) is 11.8. The molecule has 0 N–H and O–H groups in total. The number of sulfonamides is 1. The third-order valence-electron chi connectivity index (χ3n) is 2.54. The minimum absolute atomic E-state index is 0.172. The van der Waals surface area contributed by atoms with Crippen molar-refractivity contribution in [3.8, 4) is 0 Å². The average molecular weight is 274 g/mol. The lowest BCUT2D eigenvalue weighted by molar-refractivity contribution is -0.130. The Morgan fingerprint density at radius 3 is 2.39 bits per heavy atom. The summed E-state index contributed by atoms with van der Waals surface area (Å²) in [7, 11) is -0.357. The van der Waals surface area contributed by atoms with Gasteiger partial charge in [-0.1, -0.05) is 0 Å². The molecule has 0 aromatic carbocycles. The quantitative estimate of drug-likeness (QED) is 0.781. The van der Waals surface area contributed by atoms with E-state index >= 15 is 0 Å². The van der Waals surface area contributed by atoms with E-state index in [0.29, 0.717) is 12.3 Å². The molecule has 1 aromatic heterocycles. The van der Waals surface area contributed by atoms with Crippen molar-refractivity contribution in [3.05, 3.63) is 23.7 Å². The Labute approximate surface area is 107 Å². The Bertz CT molecular complexity index is 521. The molecule has 0 aliphatic rings. The van der Waals surface area contributed by atoms with Crippen LogP contribution in [0.5, 0.6) is 0 Å². The first-order valence-corrected chi connectivity index (χ1v) is 7.25. The Morgan fingerprint density at radius 1 is 1.33 bits per heavy atom. The maximum absolute atomic E-state index is 11.8. The van der Waals surface area contributed by atoms with Crippen LogP contribution in [-0.2, 0) is 21.4 Å². The lowest BCUT2D eigenvalue weighted by atomic mass is 10.4. The third-order valence-corrected chi connectivity index (χ3v) is 3.80. The van der Waals surface area contributed by atoms with E-state index in [0.717, 1.165) is 16.3 Å². The molecule has 0 saturated carbocycles. The smallest absolute Gasteiger partial charge is 0.238 e. The number of likely N-dealkylation sites (N-methyl/N-ethyl adjacent to an activating group) is 2. The van der Waals surface area contributed by atoms with Crippen molar-refractivity contribution < 1.29 is 17.6 Å². The van der Waals surface area contributed by atoms with Crippen molar-refractivity contribution in [2.45, 2.75) is 13.5 Å². The van der Waals surface area contributed by atoms with E-state index in [-0.39, 0.29) is 12.5 Å². The summed E-state index contributed by atoms with van der Waals surface area (Å²) in [6.45, 7) is 1.97. The average Bonchev–Trinajstić information content (AvgIpc) is 2.62. The first kappa shape index (κ1) is 14.7. The zero-order valence-corrected chi connectivity index (χ0v) is 11.8. The molecule has 18 heavy (non-hydrogen) atoms. The molecule has 0 aliphatic heterocycles. The molecule has 0 spiro atoms. The van der Waals surface area contributed by atoms with Gasteiger partial charge in [-0.05, 0) is 19.1 Å². The molecule has 6 nitrogen and oxygen atoms in total. The van der Waals surface area contributed by atoms with E-state index in [1.807, 2.05) is 13.0 Å². The highest BCUT2D eigenvalue weighted by atomic mass is 32.2. The number of aryl methyl sites for hydroxylation is 1. The van der Waals surface area contributed by atoms with Crippen LogP contribution in [0.25, 0.3) is 0 Å². The van der Waals surface area contributed by atoms with E-state index in [1.165, 1.54) is 11.9 Å². The van der Waals surface area contributed by atoms with E-state index < -0.39 is 10.0 Å². The second-order valence-electron chi connectivity index (χ2n) is 4.28. The van der Waals surface area contributed by atoms with Gasteiger partial charge in [-0.3, -0.25) is 4.79 Å². The third kappa shape index (κ3) is 4.15. The topological polar surface area (TPSA) is 70.8 Å². The van der Waals surface area contributed by atoms with Crippen LogP contribution < -0.4 is 0 Å². The minimum Gasteiger partial charge on any atom is -0.464 e. The molecule has 1 rings (SSSR count). The zero-order chi connectivity index (χ0) is 13.9. The number of hydrogen-bond donors (Lipinski definition) is 0. The predicted octanol–water partition coefficient (Wildman–Crippen LogP) is 0.438. The molecule has 0 aliphatic carbocycles. The van der Waals surface area contributed by atoms with Gasteiger partial charge in [0, 0.05) is 14.1 Å². The number of carbonyl (C=O) groups excluding carboxylic acids is 1. The number of carbonyl (C=O) groups is 1. The number of nitrogens with zero attached hydrogens (tertiary/aromatic N) is 2. The van der Waals surface area contributed by atoms with Gasteiger partial charge in [0.05, 0.1) is 19.3 Å². The maximum Gasteiger partial charge on any atom is 0.238 e. The van der Waals surface area contributed by atoms with Crippen LogP contribution >= 0.6 is 0 Å². The van der Waals surface area contributed by atoms with Gasteiger partial charge in [-0.15, -0.1) is 0 Å². The molecule has 7 heteroatoms. The predicted molar refractivity (Wildman–Crippen MR) is 67.4 cm³/mol. The van der Waals surface area contributed by atoms with Crippen molar-refractivity contribution in [2.75, 3.05) is 26.9 Å². The van der Waals surface area contributed by atoms with Crippen molar-refractivity contribution in [1.82, 2.24) is 9.21 Å². The molecule has 0 atom stereocenters. The fraction of sp³-hybridized carbons (Fsp3) is 0.545. The molecule has 102 valence electrons. The number of furan rings is 1. The van der Waals surface area contributed by atoms with Crippen LogP contribution in [0.4, 0.5) is 0 Å². The SMILES string of the molecule is Cc1ccc(CN(C)C(=O)CN(C)S(C)(=O)=O)o1. The highest BCUT2D eigenvalue weighted by Crippen LogP contribution is 2.09. The van der Waals surface area contributed by atoms with Crippen LogP contribution in [0.2, 0.25) is 0 Å².